The van der Waals surface area contributed by atoms with Crippen LogP contribution in [0.3, 0.4) is 0 Å². The fourth-order valence-corrected chi connectivity index (χ4v) is 7.71. The van der Waals surface area contributed by atoms with Gasteiger partial charge in [0, 0.05) is 66.7 Å². The van der Waals surface area contributed by atoms with Crippen molar-refractivity contribution in [3.05, 3.63) is 62.5 Å². The largest absolute Gasteiger partial charge is 0.444 e. The number of unbranched alkanes of at least 4 members (excludes halogenated alkanes) is 2. The summed E-state index contributed by atoms with van der Waals surface area (Å²) in [7, 11) is 0. The molecule has 0 radical (unpaired) electrons. The Labute approximate surface area is 310 Å². The van der Waals surface area contributed by atoms with Crippen LogP contribution in [0.5, 0.6) is 0 Å². The molecule has 1 aromatic carbocycles. The summed E-state index contributed by atoms with van der Waals surface area (Å²) in [6.07, 6.45) is 3.57. The molecule has 51 heavy (non-hydrogen) atoms. The molecule has 3 aromatic rings. The predicted molar refractivity (Wildman–Crippen MR) is 201 cm³/mol. The first-order valence-corrected chi connectivity index (χ1v) is 19.1. The van der Waals surface area contributed by atoms with Crippen molar-refractivity contribution in [1.29, 1.82) is 0 Å². The molecule has 2 aliphatic rings. The average molecular weight is 739 g/mol. The van der Waals surface area contributed by atoms with E-state index in [-0.39, 0.29) is 18.2 Å². The smallest absolute Gasteiger partial charge is 0.407 e. The number of nitrogens with one attached hydrogen (secondary N) is 2. The summed E-state index contributed by atoms with van der Waals surface area (Å²) in [6, 6.07) is 7.17. The normalized spacial score (nSPS) is 16.2. The van der Waals surface area contributed by atoms with Crippen molar-refractivity contribution >= 4 is 46.6 Å². The van der Waals surface area contributed by atoms with Gasteiger partial charge in [-0.3, -0.25) is 24.0 Å². The number of piperazine rings is 1. The van der Waals surface area contributed by atoms with Gasteiger partial charge in [0.05, 0.1) is 12.1 Å². The molecule has 276 valence electrons. The molecule has 0 bridgehead atoms. The van der Waals surface area contributed by atoms with E-state index in [1.807, 2.05) is 56.9 Å². The topological polar surface area (TPSA) is 134 Å². The number of aliphatic imine (C=N–C) groups is 1. The lowest BCUT2D eigenvalue weighted by molar-refractivity contribution is -0.133. The molecule has 2 aromatic heterocycles. The number of fused-ring (bicyclic) bond motifs is 3. The summed E-state index contributed by atoms with van der Waals surface area (Å²) >= 11 is 7.91. The molecule has 0 spiro atoms. The molecule has 12 nitrogen and oxygen atoms in total. The molecule has 5 rings (SSSR count). The quantitative estimate of drug-likeness (QED) is 0.208. The number of hydrogen-bond acceptors (Lipinski definition) is 9. The lowest BCUT2D eigenvalue weighted by Crippen LogP contribution is -2.49. The van der Waals surface area contributed by atoms with E-state index in [0.717, 1.165) is 78.5 Å². The fourth-order valence-electron chi connectivity index (χ4n) is 6.37. The first kappa shape index (κ1) is 38.4. The highest BCUT2D eigenvalue weighted by Gasteiger charge is 2.32. The fraction of sp³-hybridized carbons (Fsp3) is 0.568. The molecular formula is C37H51ClN8O4S. The van der Waals surface area contributed by atoms with Gasteiger partial charge in [-0.2, -0.15) is 0 Å². The molecule has 2 N–H and O–H groups in total. The second-order valence-electron chi connectivity index (χ2n) is 14.3. The number of carbonyl (C=O) groups is 3. The van der Waals surface area contributed by atoms with Gasteiger partial charge in [0.25, 0.3) is 0 Å². The van der Waals surface area contributed by atoms with Crippen molar-refractivity contribution in [1.82, 2.24) is 35.2 Å². The lowest BCUT2D eigenvalue weighted by atomic mass is 9.99. The van der Waals surface area contributed by atoms with Gasteiger partial charge >= 0.3 is 6.09 Å². The minimum Gasteiger partial charge on any atom is -0.444 e. The van der Waals surface area contributed by atoms with Crippen LogP contribution in [0.2, 0.25) is 5.02 Å². The lowest BCUT2D eigenvalue weighted by Gasteiger charge is -2.34. The van der Waals surface area contributed by atoms with Gasteiger partial charge < -0.3 is 20.3 Å². The van der Waals surface area contributed by atoms with Gasteiger partial charge in [-0.25, -0.2) is 4.79 Å². The molecule has 2 aliphatic heterocycles. The molecule has 0 saturated carbocycles. The molecular weight excluding hydrogens is 688 g/mol. The highest BCUT2D eigenvalue weighted by atomic mass is 35.5. The molecule has 1 saturated heterocycles. The summed E-state index contributed by atoms with van der Waals surface area (Å²) in [6.45, 7) is 16.7. The van der Waals surface area contributed by atoms with Crippen molar-refractivity contribution < 1.29 is 19.1 Å². The van der Waals surface area contributed by atoms with E-state index in [1.165, 1.54) is 4.88 Å². The number of benzene rings is 1. The number of alkyl carbamates (subject to hydrolysis) is 1. The number of carbonyl (C=O) groups excluding carboxylic acids is 3. The van der Waals surface area contributed by atoms with Crippen molar-refractivity contribution in [3.63, 3.8) is 0 Å². The predicted octanol–water partition coefficient (Wildman–Crippen LogP) is 5.93. The van der Waals surface area contributed by atoms with Crippen molar-refractivity contribution in [3.8, 4) is 5.00 Å². The third-order valence-electron chi connectivity index (χ3n) is 9.17. The van der Waals surface area contributed by atoms with Crippen LogP contribution in [0, 0.1) is 20.8 Å². The molecule has 4 heterocycles. The average Bonchev–Trinajstić information content (AvgIpc) is 3.56. The summed E-state index contributed by atoms with van der Waals surface area (Å²) in [5.74, 6) is 1.53. The van der Waals surface area contributed by atoms with Gasteiger partial charge in [0.1, 0.15) is 22.5 Å². The summed E-state index contributed by atoms with van der Waals surface area (Å²) in [5, 5.41) is 16.4. The maximum Gasteiger partial charge on any atom is 0.407 e. The number of amides is 3. The van der Waals surface area contributed by atoms with Crippen LogP contribution in [0.4, 0.5) is 4.79 Å². The number of thiophene rings is 1. The maximum atomic E-state index is 13.3. The minimum absolute atomic E-state index is 0.0828. The number of nitrogens with zero attached hydrogens (tertiary/aromatic N) is 6. The van der Waals surface area contributed by atoms with Gasteiger partial charge in [0.2, 0.25) is 11.8 Å². The Balaban J connectivity index is 1.06. The molecule has 0 unspecified atom stereocenters. The number of rotatable bonds is 13. The van der Waals surface area contributed by atoms with Gasteiger partial charge in [-0.05, 0) is 85.0 Å². The summed E-state index contributed by atoms with van der Waals surface area (Å²) < 4.78 is 7.30. The Bertz CT molecular complexity index is 1720. The van der Waals surface area contributed by atoms with Gasteiger partial charge in [0.15, 0.2) is 5.82 Å². The third kappa shape index (κ3) is 10.2. The van der Waals surface area contributed by atoms with E-state index in [1.54, 1.807) is 11.3 Å². The zero-order valence-electron chi connectivity index (χ0n) is 30.7. The SMILES string of the molecule is Cc1sc2c(c1C)C(c1ccc(Cl)cc1)=N[C@H](CC(=O)NCCCN1CCN(C(=O)CCCCCNC(=O)OC(C)(C)C)CC1)c1nnc(C)n1-2. The van der Waals surface area contributed by atoms with Crippen LogP contribution < -0.4 is 10.6 Å². The van der Waals surface area contributed by atoms with E-state index < -0.39 is 17.7 Å². The van der Waals surface area contributed by atoms with Crippen molar-refractivity contribution in [2.45, 2.75) is 91.7 Å². The molecule has 1 fully saturated rings. The first-order valence-electron chi connectivity index (χ1n) is 17.9. The highest BCUT2D eigenvalue weighted by Crippen LogP contribution is 2.39. The second-order valence-corrected chi connectivity index (χ2v) is 15.9. The van der Waals surface area contributed by atoms with Crippen molar-refractivity contribution in [2.75, 3.05) is 45.8 Å². The Kier molecular flexibility index (Phi) is 12.9. The minimum atomic E-state index is -0.509. The summed E-state index contributed by atoms with van der Waals surface area (Å²) in [4.78, 5) is 48.5. The number of ether oxygens (including phenoxy) is 1. The zero-order valence-corrected chi connectivity index (χ0v) is 32.3. The second kappa shape index (κ2) is 17.1. The Morgan fingerprint density at radius 3 is 2.35 bits per heavy atom. The Morgan fingerprint density at radius 2 is 1.65 bits per heavy atom. The third-order valence-corrected chi connectivity index (χ3v) is 10.6. The molecule has 1 atom stereocenters. The van der Waals surface area contributed by atoms with Crippen molar-refractivity contribution in [2.24, 2.45) is 4.99 Å². The van der Waals surface area contributed by atoms with E-state index in [9.17, 15) is 14.4 Å². The van der Waals surface area contributed by atoms with E-state index in [4.69, 9.17) is 21.3 Å². The van der Waals surface area contributed by atoms with E-state index in [2.05, 4.69) is 44.1 Å². The number of aryl methyl sites for hydroxylation is 2. The Morgan fingerprint density at radius 1 is 0.941 bits per heavy atom. The van der Waals surface area contributed by atoms with Crippen LogP contribution in [0.15, 0.2) is 29.3 Å². The number of aromatic nitrogens is 3. The number of halogens is 1. The monoisotopic (exact) mass is 738 g/mol. The van der Waals surface area contributed by atoms with Crippen LogP contribution >= 0.6 is 22.9 Å². The van der Waals surface area contributed by atoms with Crippen LogP contribution in [0.25, 0.3) is 5.00 Å². The molecule has 14 heteroatoms. The van der Waals surface area contributed by atoms with Gasteiger partial charge in [-0.1, -0.05) is 30.2 Å². The highest BCUT2D eigenvalue weighted by molar-refractivity contribution is 7.15. The van der Waals surface area contributed by atoms with Crippen LogP contribution in [0.1, 0.15) is 98.6 Å². The standard InChI is InChI=1S/C37H51ClN8O4S/c1-24-25(2)51-35-32(24)33(27-12-14-28(38)15-13-27)41-29(34-43-42-26(3)46(34)35)23-30(47)39-17-10-18-44-19-21-45(22-20-44)31(48)11-8-7-9-16-40-36(49)50-37(4,5)6/h12-15,29H,7-11,16-23H2,1-6H3,(H,39,47)(H,40,49)/t29-/m1/s1. The number of hydrogen-bond donors (Lipinski definition) is 2. The Hall–Kier alpha value is -3.81. The molecule has 3 amide bonds. The van der Waals surface area contributed by atoms with E-state index >= 15 is 0 Å². The first-order chi connectivity index (χ1) is 24.3. The van der Waals surface area contributed by atoms with Gasteiger partial charge in [-0.15, -0.1) is 21.5 Å². The molecule has 0 aliphatic carbocycles. The summed E-state index contributed by atoms with van der Waals surface area (Å²) in [5.41, 5.74) is 3.45. The van der Waals surface area contributed by atoms with Crippen LogP contribution in [-0.2, 0) is 14.3 Å². The van der Waals surface area contributed by atoms with Crippen LogP contribution in [-0.4, -0.2) is 99.6 Å². The zero-order chi connectivity index (χ0) is 36.7. The van der Waals surface area contributed by atoms with E-state index in [0.29, 0.717) is 43.4 Å². The maximum absolute atomic E-state index is 13.3.